The van der Waals surface area contributed by atoms with Gasteiger partial charge in [-0.25, -0.2) is 0 Å². The van der Waals surface area contributed by atoms with Crippen molar-refractivity contribution < 1.29 is 38.6 Å². The summed E-state index contributed by atoms with van der Waals surface area (Å²) in [6.07, 6.45) is 4.35. The van der Waals surface area contributed by atoms with Gasteiger partial charge in [-0.2, -0.15) is 0 Å². The van der Waals surface area contributed by atoms with Crippen LogP contribution in [0.1, 0.15) is 26.4 Å². The molecule has 0 spiro atoms. The molecule has 2 aromatic heterocycles. The second kappa shape index (κ2) is 8.94. The SMILES string of the molecule is COc1c(F)cccc1Nc1c2[nH]c3c1C(=O)NC[C@@H]3[I-]OCCCNc1cnccc1-2. The topological polar surface area (TPSA) is 100 Å². The molecule has 2 bridgehead atoms. The van der Waals surface area contributed by atoms with Gasteiger partial charge in [-0.3, -0.25) is 0 Å². The molecule has 1 amide bonds. The number of para-hydroxylation sites is 1. The Kier molecular flexibility index (Phi) is 5.87. The van der Waals surface area contributed by atoms with Gasteiger partial charge in [0.15, 0.2) is 0 Å². The van der Waals surface area contributed by atoms with Crippen LogP contribution >= 0.6 is 0 Å². The molecule has 1 atom stereocenters. The second-order valence-electron chi connectivity index (χ2n) is 7.39. The first-order valence-corrected chi connectivity index (χ1v) is 12.4. The normalized spacial score (nSPS) is 18.1. The van der Waals surface area contributed by atoms with Crippen molar-refractivity contribution in [1.82, 2.24) is 15.3 Å². The number of nitrogens with one attached hydrogen (secondary N) is 4. The standard InChI is InChI=1S/C22H22FIN5O3/c1-31-21-13(23)4-2-5-15(21)28-20-17-19-14(10-27-22(17)30)24-32-9-3-7-26-16-11-25-8-6-12(16)18(20)29-19/h2,4-6,8,11,14,26,28-29H,3,7,9-10H2,1H3,(H,27,30)/q-1/t14-/m0/s1. The van der Waals surface area contributed by atoms with Gasteiger partial charge in [-0.05, 0) is 0 Å². The molecule has 0 unspecified atom stereocenters. The van der Waals surface area contributed by atoms with Crippen LogP contribution in [-0.4, -0.2) is 42.7 Å². The van der Waals surface area contributed by atoms with Crippen LogP contribution in [0.2, 0.25) is 0 Å². The number of alkyl halides is 1. The summed E-state index contributed by atoms with van der Waals surface area (Å²) in [6, 6.07) is 6.56. The number of pyridine rings is 1. The van der Waals surface area contributed by atoms with Crippen LogP contribution in [0.3, 0.4) is 0 Å². The van der Waals surface area contributed by atoms with Crippen molar-refractivity contribution in [2.24, 2.45) is 0 Å². The zero-order valence-corrected chi connectivity index (χ0v) is 19.5. The second-order valence-corrected chi connectivity index (χ2v) is 10.0. The number of H-pyrrole nitrogens is 1. The van der Waals surface area contributed by atoms with E-state index in [9.17, 15) is 9.18 Å². The molecule has 32 heavy (non-hydrogen) atoms. The van der Waals surface area contributed by atoms with Gasteiger partial charge in [0.25, 0.3) is 0 Å². The number of halogens is 2. The van der Waals surface area contributed by atoms with Crippen LogP contribution in [0.5, 0.6) is 5.75 Å². The molecule has 0 radical (unpaired) electrons. The zero-order chi connectivity index (χ0) is 22.1. The molecule has 0 fully saturated rings. The van der Waals surface area contributed by atoms with E-state index in [2.05, 4.69) is 25.9 Å². The van der Waals surface area contributed by atoms with Crippen molar-refractivity contribution in [3.63, 3.8) is 0 Å². The van der Waals surface area contributed by atoms with Gasteiger partial charge in [0.2, 0.25) is 0 Å². The van der Waals surface area contributed by atoms with E-state index in [-0.39, 0.29) is 15.6 Å². The Bertz CT molecular complexity index is 1170. The van der Waals surface area contributed by atoms with Crippen molar-refractivity contribution in [2.45, 2.75) is 10.3 Å². The number of anilines is 3. The molecule has 168 valence electrons. The average Bonchev–Trinajstić information content (AvgIpc) is 3.17. The van der Waals surface area contributed by atoms with Gasteiger partial charge in [-0.15, -0.1) is 0 Å². The number of carbonyl (C=O) groups is 1. The Morgan fingerprint density at radius 1 is 1.31 bits per heavy atom. The van der Waals surface area contributed by atoms with Gasteiger partial charge in [0, 0.05) is 0 Å². The number of aromatic amines is 1. The predicted molar refractivity (Wildman–Crippen MR) is 114 cm³/mol. The number of carbonyl (C=O) groups excluding carboxylic acids is 1. The van der Waals surface area contributed by atoms with Gasteiger partial charge in [0.05, 0.1) is 0 Å². The van der Waals surface area contributed by atoms with Gasteiger partial charge in [-0.1, -0.05) is 0 Å². The van der Waals surface area contributed by atoms with E-state index >= 15 is 0 Å². The maximum absolute atomic E-state index is 14.4. The number of amides is 1. The number of hydrogen-bond acceptors (Lipinski definition) is 6. The molecule has 5 rings (SSSR count). The Labute approximate surface area is 195 Å². The molecule has 2 aliphatic rings. The molecule has 4 heterocycles. The van der Waals surface area contributed by atoms with E-state index in [0.29, 0.717) is 30.1 Å². The average molecular weight is 550 g/mol. The number of rotatable bonds is 3. The molecule has 2 aliphatic heterocycles. The van der Waals surface area contributed by atoms with Crippen molar-refractivity contribution >= 4 is 23.0 Å². The first-order chi connectivity index (χ1) is 15.7. The number of hydrogen-bond donors (Lipinski definition) is 4. The summed E-state index contributed by atoms with van der Waals surface area (Å²) < 4.78 is 25.7. The summed E-state index contributed by atoms with van der Waals surface area (Å²) in [7, 11) is 1.42. The first-order valence-electron chi connectivity index (χ1n) is 10.2. The molecule has 0 saturated carbocycles. The van der Waals surface area contributed by atoms with E-state index < -0.39 is 27.4 Å². The molecule has 0 saturated heterocycles. The predicted octanol–water partition coefficient (Wildman–Crippen LogP) is 0.589. The van der Waals surface area contributed by atoms with E-state index in [1.165, 1.54) is 13.2 Å². The minimum absolute atomic E-state index is 0.0860. The molecular weight excluding hydrogens is 528 g/mol. The van der Waals surface area contributed by atoms with E-state index in [1.807, 2.05) is 6.07 Å². The summed E-state index contributed by atoms with van der Waals surface area (Å²) >= 11 is -0.640. The summed E-state index contributed by atoms with van der Waals surface area (Å²) in [6.45, 7) is 1.93. The van der Waals surface area contributed by atoms with Crippen LogP contribution in [0.15, 0.2) is 36.7 Å². The van der Waals surface area contributed by atoms with Crippen LogP contribution in [-0.2, 0) is 3.07 Å². The summed E-state index contributed by atoms with van der Waals surface area (Å²) in [5, 5.41) is 9.69. The van der Waals surface area contributed by atoms with Gasteiger partial charge >= 0.3 is 195 Å². The number of ether oxygens (including phenoxy) is 1. The number of nitrogens with zero attached hydrogens (tertiary/aromatic N) is 1. The fourth-order valence-electron chi connectivity index (χ4n) is 3.94. The molecule has 3 aromatic rings. The molecular formula is C22H22FIN5O3-. The first kappa shape index (κ1) is 21.0. The van der Waals surface area contributed by atoms with Crippen LogP contribution < -0.4 is 42.3 Å². The van der Waals surface area contributed by atoms with E-state index in [1.54, 1.807) is 24.5 Å². The molecule has 8 nitrogen and oxygen atoms in total. The van der Waals surface area contributed by atoms with Crippen molar-refractivity contribution in [2.75, 3.05) is 37.4 Å². The Hall–Kier alpha value is -2.86. The van der Waals surface area contributed by atoms with Crippen LogP contribution in [0.25, 0.3) is 11.3 Å². The third kappa shape index (κ3) is 3.77. The monoisotopic (exact) mass is 550 g/mol. The zero-order valence-electron chi connectivity index (χ0n) is 17.3. The number of benzene rings is 1. The van der Waals surface area contributed by atoms with Crippen LogP contribution in [0.4, 0.5) is 21.5 Å². The third-order valence-corrected chi connectivity index (χ3v) is 7.89. The molecule has 0 aliphatic carbocycles. The van der Waals surface area contributed by atoms with E-state index in [0.717, 1.165) is 35.6 Å². The minimum atomic E-state index is -0.640. The van der Waals surface area contributed by atoms with Gasteiger partial charge < -0.3 is 0 Å². The Morgan fingerprint density at radius 2 is 2.22 bits per heavy atom. The fraction of sp³-hybridized carbons (Fsp3) is 0.273. The van der Waals surface area contributed by atoms with E-state index in [4.69, 9.17) is 7.80 Å². The van der Waals surface area contributed by atoms with Crippen molar-refractivity contribution in [1.29, 1.82) is 0 Å². The summed E-state index contributed by atoms with van der Waals surface area (Å²) in [5.41, 5.74) is 4.82. The maximum atomic E-state index is 14.4. The number of methoxy groups -OCH3 is 1. The molecule has 1 aromatic carbocycles. The molecule has 10 heteroatoms. The van der Waals surface area contributed by atoms with Crippen molar-refractivity contribution in [3.05, 3.63) is 53.7 Å². The summed E-state index contributed by atoms with van der Waals surface area (Å²) in [4.78, 5) is 20.8. The third-order valence-electron chi connectivity index (χ3n) is 5.42. The van der Waals surface area contributed by atoms with Crippen molar-refractivity contribution in [3.8, 4) is 17.0 Å². The van der Waals surface area contributed by atoms with Gasteiger partial charge in [0.1, 0.15) is 0 Å². The van der Waals surface area contributed by atoms with Crippen LogP contribution in [0, 0.1) is 5.82 Å². The number of aromatic nitrogens is 2. The summed E-state index contributed by atoms with van der Waals surface area (Å²) in [5.74, 6) is -0.579. The molecule has 4 N–H and O–H groups in total. The fourth-order valence-corrected chi connectivity index (χ4v) is 6.06. The quantitative estimate of drug-likeness (QED) is 0.282. The number of fused-ring (bicyclic) bond motifs is 3. The Morgan fingerprint density at radius 3 is 3.09 bits per heavy atom. The Balaban J connectivity index is 1.73.